The number of rotatable bonds is 14. The molecule has 0 saturated carbocycles. The van der Waals surface area contributed by atoms with Crippen LogP contribution in [0.4, 0.5) is 0 Å². The molecule has 0 rings (SSSR count). The number of hydrogen-bond acceptors (Lipinski definition) is 7. The fourth-order valence-corrected chi connectivity index (χ4v) is 6.89. The summed E-state index contributed by atoms with van der Waals surface area (Å²) >= 11 is 23.6. The maximum atomic E-state index is 4.49. The predicted octanol–water partition coefficient (Wildman–Crippen LogP) is 4.42. The van der Waals surface area contributed by atoms with E-state index in [1.165, 1.54) is 35.9 Å². The summed E-state index contributed by atoms with van der Waals surface area (Å²) in [6.45, 7) is 0. The zero-order chi connectivity index (χ0) is 14.3. The maximum absolute atomic E-state index is 4.49. The second kappa shape index (κ2) is 16.8. The Hall–Kier alpha value is 2.45. The van der Waals surface area contributed by atoms with E-state index in [1.807, 2.05) is 23.5 Å². The molecule has 0 aromatic rings. The van der Waals surface area contributed by atoms with Crippen LogP contribution in [-0.2, 0) is 0 Å². The lowest BCUT2D eigenvalue weighted by Gasteiger charge is -2.20. The van der Waals surface area contributed by atoms with E-state index in [1.54, 1.807) is 0 Å². The molecule has 0 amide bonds. The van der Waals surface area contributed by atoms with E-state index < -0.39 is 0 Å². The Bertz CT molecular complexity index is 161. The van der Waals surface area contributed by atoms with Gasteiger partial charge in [-0.2, -0.15) is 85.8 Å². The van der Waals surface area contributed by atoms with E-state index in [9.17, 15) is 0 Å². The van der Waals surface area contributed by atoms with Crippen LogP contribution >= 0.6 is 85.8 Å². The van der Waals surface area contributed by atoms with E-state index >= 15 is 0 Å². The van der Waals surface area contributed by atoms with Gasteiger partial charge in [0.2, 0.25) is 0 Å². The van der Waals surface area contributed by atoms with Crippen LogP contribution < -0.4 is 0 Å². The zero-order valence-corrected chi connectivity index (χ0v) is 17.3. The van der Waals surface area contributed by atoms with E-state index in [-0.39, 0.29) is 0 Å². The summed E-state index contributed by atoms with van der Waals surface area (Å²) < 4.78 is 0. The van der Waals surface area contributed by atoms with E-state index in [0.717, 1.165) is 23.0 Å². The first-order valence-corrected chi connectivity index (χ1v) is 12.3. The topological polar surface area (TPSA) is 0 Å². The average molecular weight is 395 g/mol. The summed E-state index contributed by atoms with van der Waals surface area (Å²) in [5, 5.41) is 1.30. The predicted molar refractivity (Wildman–Crippen MR) is 114 cm³/mol. The quantitative estimate of drug-likeness (QED) is 0.254. The summed E-state index contributed by atoms with van der Waals surface area (Å²) in [5.74, 6) is 8.75. The molecule has 0 saturated heterocycles. The Labute approximate surface area is 154 Å². The second-order valence-corrected chi connectivity index (χ2v) is 9.58. The lowest BCUT2D eigenvalue weighted by atomic mass is 10.5. The molecule has 0 spiro atoms. The maximum Gasteiger partial charge on any atom is 0.0229 e. The smallest absolute Gasteiger partial charge is 0.0229 e. The molecule has 0 heterocycles. The number of thioether (sulfide) groups is 3. The summed E-state index contributed by atoms with van der Waals surface area (Å²) in [6.07, 6.45) is 2.40. The lowest BCUT2D eigenvalue weighted by molar-refractivity contribution is 1.07. The van der Waals surface area contributed by atoms with Gasteiger partial charge in [-0.05, 0) is 35.9 Å². The Kier molecular flexibility index (Phi) is 19.0. The van der Waals surface area contributed by atoms with Gasteiger partial charge in [-0.3, -0.25) is 0 Å². The largest absolute Gasteiger partial charge is 0.179 e. The van der Waals surface area contributed by atoms with Crippen molar-refractivity contribution in [1.29, 1.82) is 0 Å². The van der Waals surface area contributed by atoms with Crippen LogP contribution in [-0.4, -0.2) is 56.5 Å². The molecule has 0 aromatic carbocycles. The molecule has 0 bridgehead atoms. The Morgan fingerprint density at radius 1 is 0.684 bits per heavy atom. The molecule has 0 N–H and O–H groups in total. The first kappa shape index (κ1) is 21.4. The Morgan fingerprint density at radius 3 is 1.42 bits per heavy atom. The molecule has 19 heavy (non-hydrogen) atoms. The number of thiol groups is 4. The van der Waals surface area contributed by atoms with Gasteiger partial charge in [-0.25, -0.2) is 0 Å². The fraction of sp³-hybridized carbons (Fsp3) is 1.00. The minimum absolute atomic E-state index is 0.649. The average Bonchev–Trinajstić information content (AvgIpc) is 2.44. The van der Waals surface area contributed by atoms with Crippen molar-refractivity contribution in [2.75, 3.05) is 46.0 Å². The minimum Gasteiger partial charge on any atom is -0.179 e. The van der Waals surface area contributed by atoms with Gasteiger partial charge < -0.3 is 0 Å². The van der Waals surface area contributed by atoms with Crippen LogP contribution in [0.15, 0.2) is 0 Å². The van der Waals surface area contributed by atoms with Crippen LogP contribution in [0.3, 0.4) is 0 Å². The molecule has 0 nitrogen and oxygen atoms in total. The van der Waals surface area contributed by atoms with Crippen LogP contribution in [0.1, 0.15) is 12.8 Å². The SMILES string of the molecule is SCCCSCC(CS)SC(CS)CSCCCS. The summed E-state index contributed by atoms with van der Waals surface area (Å²) in [6, 6.07) is 0. The van der Waals surface area contributed by atoms with Crippen LogP contribution in [0.25, 0.3) is 0 Å². The van der Waals surface area contributed by atoms with E-state index in [2.05, 4.69) is 62.3 Å². The van der Waals surface area contributed by atoms with Crippen molar-refractivity contribution < 1.29 is 0 Å². The van der Waals surface area contributed by atoms with Gasteiger partial charge in [0.05, 0.1) is 0 Å². The molecule has 0 aliphatic carbocycles. The lowest BCUT2D eigenvalue weighted by Crippen LogP contribution is -2.18. The first-order chi connectivity index (χ1) is 9.28. The molecule has 116 valence electrons. The Morgan fingerprint density at radius 2 is 1.11 bits per heavy atom. The van der Waals surface area contributed by atoms with Crippen molar-refractivity contribution >= 4 is 85.8 Å². The van der Waals surface area contributed by atoms with Gasteiger partial charge in [0.15, 0.2) is 0 Å². The standard InChI is InChI=1S/C12H26S7/c13-3-1-5-17-9-11(7-15)19-12(8-16)10-18-6-2-4-14/h11-16H,1-10H2. The normalized spacial score (nSPS) is 14.5. The Balaban J connectivity index is 3.76. The summed E-state index contributed by atoms with van der Waals surface area (Å²) in [7, 11) is 0. The van der Waals surface area contributed by atoms with Crippen LogP contribution in [0, 0.1) is 0 Å². The van der Waals surface area contributed by atoms with E-state index in [4.69, 9.17) is 0 Å². The molecule has 0 aromatic heterocycles. The molecule has 0 radical (unpaired) electrons. The zero-order valence-electron chi connectivity index (χ0n) is 11.2. The minimum atomic E-state index is 0.649. The van der Waals surface area contributed by atoms with Crippen molar-refractivity contribution in [3.05, 3.63) is 0 Å². The highest BCUT2D eigenvalue weighted by molar-refractivity contribution is 8.06. The molecule has 0 aliphatic rings. The van der Waals surface area contributed by atoms with Gasteiger partial charge >= 0.3 is 0 Å². The summed E-state index contributed by atoms with van der Waals surface area (Å²) in [4.78, 5) is 0. The van der Waals surface area contributed by atoms with Crippen molar-refractivity contribution in [2.45, 2.75) is 23.3 Å². The molecule has 2 unspecified atom stereocenters. The fourth-order valence-electron chi connectivity index (χ4n) is 1.30. The van der Waals surface area contributed by atoms with Gasteiger partial charge in [-0.1, -0.05) is 0 Å². The first-order valence-electron chi connectivity index (χ1n) is 6.52. The third kappa shape index (κ3) is 13.8. The van der Waals surface area contributed by atoms with Crippen molar-refractivity contribution in [3.8, 4) is 0 Å². The van der Waals surface area contributed by atoms with Gasteiger partial charge in [0.25, 0.3) is 0 Å². The molecular formula is C12H26S7. The highest BCUT2D eigenvalue weighted by atomic mass is 32.2. The molecule has 7 heteroatoms. The molecule has 0 aliphatic heterocycles. The third-order valence-electron chi connectivity index (χ3n) is 2.29. The molecule has 2 atom stereocenters. The van der Waals surface area contributed by atoms with Crippen LogP contribution in [0.2, 0.25) is 0 Å². The summed E-state index contributed by atoms with van der Waals surface area (Å²) in [5.41, 5.74) is 0. The molecule has 0 fully saturated rings. The monoisotopic (exact) mass is 394 g/mol. The van der Waals surface area contributed by atoms with Gasteiger partial charge in [-0.15, -0.1) is 0 Å². The third-order valence-corrected chi connectivity index (χ3v) is 8.59. The van der Waals surface area contributed by atoms with Crippen LogP contribution in [0.5, 0.6) is 0 Å². The van der Waals surface area contributed by atoms with Crippen molar-refractivity contribution in [1.82, 2.24) is 0 Å². The highest BCUT2D eigenvalue weighted by Crippen LogP contribution is 2.26. The van der Waals surface area contributed by atoms with Crippen molar-refractivity contribution in [3.63, 3.8) is 0 Å². The highest BCUT2D eigenvalue weighted by Gasteiger charge is 2.15. The van der Waals surface area contributed by atoms with E-state index in [0.29, 0.717) is 10.5 Å². The number of hydrogen-bond donors (Lipinski definition) is 4. The second-order valence-electron chi connectivity index (χ2n) is 4.05. The molecular weight excluding hydrogens is 369 g/mol. The van der Waals surface area contributed by atoms with Gasteiger partial charge in [0.1, 0.15) is 0 Å². The van der Waals surface area contributed by atoms with Gasteiger partial charge in [0, 0.05) is 33.5 Å². The van der Waals surface area contributed by atoms with Crippen molar-refractivity contribution in [2.24, 2.45) is 0 Å².